The molecule has 3 N–H and O–H groups in total. The van der Waals surface area contributed by atoms with Gasteiger partial charge in [0.05, 0.1) is 18.8 Å². The fourth-order valence-corrected chi connectivity index (χ4v) is 4.69. The maximum Gasteiger partial charge on any atom is 0.220 e. The van der Waals surface area contributed by atoms with Crippen molar-refractivity contribution in [1.82, 2.24) is 5.32 Å². The first-order valence-corrected chi connectivity index (χ1v) is 18.6. The van der Waals surface area contributed by atoms with E-state index in [4.69, 9.17) is 0 Å². The van der Waals surface area contributed by atoms with Gasteiger partial charge in [-0.1, -0.05) is 149 Å². The fourth-order valence-electron chi connectivity index (χ4n) is 4.69. The molecule has 0 aromatic rings. The summed E-state index contributed by atoms with van der Waals surface area (Å²) < 4.78 is 0. The Kier molecular flexibility index (Phi) is 35.2. The summed E-state index contributed by atoms with van der Waals surface area (Å²) in [5.74, 6) is -0.103. The minimum Gasteiger partial charge on any atom is -0.394 e. The number of amides is 1. The molecule has 0 aromatic carbocycles. The molecule has 0 aliphatic heterocycles. The monoisotopic (exact) mass is 648 g/mol. The Labute approximate surface area is 289 Å². The minimum atomic E-state index is -0.881. The maximum atomic E-state index is 12.3. The van der Waals surface area contributed by atoms with Crippen molar-refractivity contribution in [3.63, 3.8) is 0 Å². The quantitative estimate of drug-likeness (QED) is 0.0518. The molecular weight excluding hydrogens is 578 g/mol. The van der Waals surface area contributed by atoms with Crippen molar-refractivity contribution < 1.29 is 15.0 Å². The normalized spacial score (nSPS) is 14.4. The van der Waals surface area contributed by atoms with E-state index in [1.807, 2.05) is 6.08 Å². The first kappa shape index (κ1) is 44.1. The highest BCUT2D eigenvalue weighted by molar-refractivity contribution is 5.76. The average Bonchev–Trinajstić information content (AvgIpc) is 3.07. The highest BCUT2D eigenvalue weighted by Crippen LogP contribution is 2.10. The van der Waals surface area contributed by atoms with Gasteiger partial charge in [0.2, 0.25) is 5.91 Å². The number of unbranched alkanes of at least 4 members (excludes halogenated alkanes) is 8. The maximum absolute atomic E-state index is 12.3. The van der Waals surface area contributed by atoms with Gasteiger partial charge in [0, 0.05) is 6.42 Å². The van der Waals surface area contributed by atoms with Crippen LogP contribution in [-0.4, -0.2) is 34.9 Å². The van der Waals surface area contributed by atoms with Crippen molar-refractivity contribution >= 4 is 5.91 Å². The van der Waals surface area contributed by atoms with Crippen LogP contribution in [0, 0.1) is 0 Å². The largest absolute Gasteiger partial charge is 0.394 e. The van der Waals surface area contributed by atoms with E-state index >= 15 is 0 Å². The lowest BCUT2D eigenvalue weighted by atomic mass is 10.1. The molecule has 4 nitrogen and oxygen atoms in total. The molecule has 47 heavy (non-hydrogen) atoms. The van der Waals surface area contributed by atoms with Crippen molar-refractivity contribution in [3.05, 3.63) is 109 Å². The van der Waals surface area contributed by atoms with Crippen molar-refractivity contribution in [2.24, 2.45) is 0 Å². The predicted molar refractivity (Wildman–Crippen MR) is 206 cm³/mol. The van der Waals surface area contributed by atoms with Crippen LogP contribution >= 0.6 is 0 Å². The molecule has 2 unspecified atom stereocenters. The van der Waals surface area contributed by atoms with Crippen LogP contribution in [0.15, 0.2) is 109 Å². The molecule has 0 rings (SSSR count). The lowest BCUT2D eigenvalue weighted by molar-refractivity contribution is -0.123. The molecule has 0 heterocycles. The molecule has 0 saturated heterocycles. The van der Waals surface area contributed by atoms with Crippen LogP contribution in [0.1, 0.15) is 136 Å². The Hall–Kier alpha value is -2.95. The fraction of sp³-hybridized carbons (Fsp3) is 0.558. The molecule has 4 heteroatoms. The molecule has 0 radical (unpaired) electrons. The Bertz CT molecular complexity index is 964. The van der Waals surface area contributed by atoms with E-state index in [1.54, 1.807) is 6.08 Å². The predicted octanol–water partition coefficient (Wildman–Crippen LogP) is 11.3. The van der Waals surface area contributed by atoms with Gasteiger partial charge in [-0.15, -0.1) is 0 Å². The number of allylic oxidation sites excluding steroid dienone is 17. The molecule has 1 amide bonds. The number of aliphatic hydroxyl groups excluding tert-OH is 2. The highest BCUT2D eigenvalue weighted by atomic mass is 16.3. The lowest BCUT2D eigenvalue weighted by Crippen LogP contribution is -2.45. The van der Waals surface area contributed by atoms with Crippen LogP contribution in [0.4, 0.5) is 0 Å². The van der Waals surface area contributed by atoms with Crippen LogP contribution in [-0.2, 0) is 4.79 Å². The third-order valence-electron chi connectivity index (χ3n) is 7.48. The standard InChI is InChI=1S/C43H69NO3/c1-3-5-7-9-11-13-15-16-17-18-19-20-21-22-23-24-25-26-27-28-29-31-33-35-37-39-43(47)44-41(40-45)42(46)38-36-34-32-30-14-12-10-8-6-4-2/h5-8,11,13-14,16-17,19-20,22-23,25-26,30,36,38,41-42,45-46H,3-4,9-10,12,15,18,21,24,27-29,31-35,37,39-40H2,1-2H3,(H,44,47)/b7-5-,8-6+,13-11-,17-16-,20-19-,23-22-,26-25-,30-14+,38-36+. The van der Waals surface area contributed by atoms with Gasteiger partial charge in [-0.25, -0.2) is 0 Å². The van der Waals surface area contributed by atoms with Crippen molar-refractivity contribution in [3.8, 4) is 0 Å². The Morgan fingerprint density at radius 2 is 0.894 bits per heavy atom. The second-order valence-electron chi connectivity index (χ2n) is 11.9. The van der Waals surface area contributed by atoms with E-state index in [9.17, 15) is 15.0 Å². The molecule has 0 bridgehead atoms. The van der Waals surface area contributed by atoms with Crippen molar-refractivity contribution in [1.29, 1.82) is 0 Å². The van der Waals surface area contributed by atoms with Gasteiger partial charge in [0.15, 0.2) is 0 Å². The SMILES string of the molecule is CC/C=C\C/C=C\C/C=C\C/C=C\C/C=C\C/C=C\CCCCCCCCC(=O)NC(CO)C(O)/C=C/CC/C=C/CC/C=C/CC. The van der Waals surface area contributed by atoms with Crippen LogP contribution in [0.3, 0.4) is 0 Å². The Morgan fingerprint density at radius 3 is 1.40 bits per heavy atom. The van der Waals surface area contributed by atoms with Gasteiger partial charge in [0.1, 0.15) is 0 Å². The number of nitrogens with one attached hydrogen (secondary N) is 1. The summed E-state index contributed by atoms with van der Waals surface area (Å²) in [5, 5.41) is 22.8. The molecule has 0 aliphatic rings. The van der Waals surface area contributed by atoms with E-state index in [0.29, 0.717) is 6.42 Å². The van der Waals surface area contributed by atoms with Crippen LogP contribution in [0.2, 0.25) is 0 Å². The van der Waals surface area contributed by atoms with Gasteiger partial charge >= 0.3 is 0 Å². The summed E-state index contributed by atoms with van der Waals surface area (Å²) in [6.45, 7) is 4.02. The van der Waals surface area contributed by atoms with Crippen LogP contribution in [0.25, 0.3) is 0 Å². The van der Waals surface area contributed by atoms with Crippen molar-refractivity contribution in [2.45, 2.75) is 148 Å². The molecule has 0 saturated carbocycles. The molecule has 0 fully saturated rings. The minimum absolute atomic E-state index is 0.103. The summed E-state index contributed by atoms with van der Waals surface area (Å²) >= 11 is 0. The molecule has 264 valence electrons. The zero-order valence-electron chi connectivity index (χ0n) is 30.0. The van der Waals surface area contributed by atoms with Crippen molar-refractivity contribution in [2.75, 3.05) is 6.61 Å². The number of hydrogen-bond acceptors (Lipinski definition) is 3. The van der Waals surface area contributed by atoms with Gasteiger partial charge in [-0.05, 0) is 89.9 Å². The van der Waals surface area contributed by atoms with E-state index in [-0.39, 0.29) is 12.5 Å². The summed E-state index contributed by atoms with van der Waals surface area (Å²) in [7, 11) is 0. The molecule has 0 aliphatic carbocycles. The summed E-state index contributed by atoms with van der Waals surface area (Å²) in [4.78, 5) is 12.3. The van der Waals surface area contributed by atoms with Gasteiger partial charge in [-0.3, -0.25) is 4.79 Å². The van der Waals surface area contributed by atoms with Gasteiger partial charge in [-0.2, -0.15) is 0 Å². The highest BCUT2D eigenvalue weighted by Gasteiger charge is 2.17. The summed E-state index contributed by atoms with van der Waals surface area (Å²) in [6.07, 6.45) is 57.5. The zero-order chi connectivity index (χ0) is 34.3. The summed E-state index contributed by atoms with van der Waals surface area (Å²) in [6, 6.07) is -0.659. The number of carbonyl (C=O) groups excluding carboxylic acids is 1. The number of hydrogen-bond donors (Lipinski definition) is 3. The summed E-state index contributed by atoms with van der Waals surface area (Å²) in [5.41, 5.74) is 0. The topological polar surface area (TPSA) is 69.6 Å². The zero-order valence-corrected chi connectivity index (χ0v) is 30.0. The second kappa shape index (κ2) is 37.5. The molecule has 0 aromatic heterocycles. The molecular formula is C43H69NO3. The molecule has 0 spiro atoms. The van der Waals surface area contributed by atoms with Crippen LogP contribution in [0.5, 0.6) is 0 Å². The van der Waals surface area contributed by atoms with Gasteiger partial charge < -0.3 is 15.5 Å². The number of rotatable bonds is 31. The Morgan fingerprint density at radius 1 is 0.511 bits per heavy atom. The second-order valence-corrected chi connectivity index (χ2v) is 11.9. The van der Waals surface area contributed by atoms with Gasteiger partial charge in [0.25, 0.3) is 0 Å². The number of aliphatic hydroxyl groups is 2. The van der Waals surface area contributed by atoms with E-state index in [1.165, 1.54) is 19.3 Å². The van der Waals surface area contributed by atoms with E-state index in [0.717, 1.165) is 96.3 Å². The molecule has 2 atom stereocenters. The lowest BCUT2D eigenvalue weighted by Gasteiger charge is -2.19. The number of carbonyl (C=O) groups is 1. The Balaban J connectivity index is 3.73. The van der Waals surface area contributed by atoms with E-state index in [2.05, 4.69) is 116 Å². The smallest absolute Gasteiger partial charge is 0.220 e. The van der Waals surface area contributed by atoms with Crippen LogP contribution < -0.4 is 5.32 Å². The first-order chi connectivity index (χ1) is 23.2. The average molecular weight is 648 g/mol. The first-order valence-electron chi connectivity index (χ1n) is 18.6. The third kappa shape index (κ3) is 34.2. The van der Waals surface area contributed by atoms with E-state index < -0.39 is 12.1 Å². The third-order valence-corrected chi connectivity index (χ3v) is 7.48.